The van der Waals surface area contributed by atoms with E-state index in [0.29, 0.717) is 23.6 Å². The van der Waals surface area contributed by atoms with Crippen LogP contribution in [0.5, 0.6) is 5.75 Å². The summed E-state index contributed by atoms with van der Waals surface area (Å²) in [6, 6.07) is 18.3. The van der Waals surface area contributed by atoms with Crippen LogP contribution in [0.1, 0.15) is 16.8 Å². The number of anilines is 1. The third-order valence-corrected chi connectivity index (χ3v) is 7.81. The average Bonchev–Trinajstić information content (AvgIpc) is 3.05. The number of methoxy groups -OCH3 is 1. The molecule has 8 heteroatoms. The third-order valence-electron chi connectivity index (χ3n) is 6.01. The Bertz CT molecular complexity index is 1440. The lowest BCUT2D eigenvalue weighted by Crippen LogP contribution is -2.33. The second kappa shape index (κ2) is 8.04. The smallest absolute Gasteiger partial charge is 0.265 e. The standard InChI is InChI=1S/C25H24N4O3S/c1-17-10-12-19(13-11-17)33(30,31)28-16-14-20-18(2)29(22-8-4-5-9-23(22)32-3)27-24(20)21-7-6-15-26-25(21)28/h4-13,15H,14,16H2,1-3H3. The molecule has 0 aliphatic carbocycles. The van der Waals surface area contributed by atoms with Crippen LogP contribution in [0, 0.1) is 13.8 Å². The van der Waals surface area contributed by atoms with Gasteiger partial charge in [-0.2, -0.15) is 5.10 Å². The highest BCUT2D eigenvalue weighted by Gasteiger charge is 2.33. The van der Waals surface area contributed by atoms with Crippen LogP contribution in [0.4, 0.5) is 5.82 Å². The van der Waals surface area contributed by atoms with Crippen molar-refractivity contribution in [1.82, 2.24) is 14.8 Å². The van der Waals surface area contributed by atoms with Gasteiger partial charge in [-0.1, -0.05) is 29.8 Å². The Morgan fingerprint density at radius 1 is 0.970 bits per heavy atom. The Kier molecular flexibility index (Phi) is 5.17. The van der Waals surface area contributed by atoms with Gasteiger partial charge < -0.3 is 4.74 Å². The van der Waals surface area contributed by atoms with Crippen molar-refractivity contribution in [3.05, 3.63) is 83.7 Å². The number of sulfonamides is 1. The van der Waals surface area contributed by atoms with Gasteiger partial charge in [0.1, 0.15) is 17.1 Å². The molecule has 0 spiro atoms. The van der Waals surface area contributed by atoms with Crippen molar-refractivity contribution < 1.29 is 13.2 Å². The summed E-state index contributed by atoms with van der Waals surface area (Å²) in [4.78, 5) is 4.74. The average molecular weight is 461 g/mol. The molecule has 1 aliphatic rings. The highest BCUT2D eigenvalue weighted by Crippen LogP contribution is 2.39. The first-order valence-corrected chi connectivity index (χ1v) is 12.1. The molecule has 0 unspecified atom stereocenters. The SMILES string of the molecule is COc1ccccc1-n1nc2c(c1C)CCN(S(=O)(=O)c1ccc(C)cc1)c1ncccc1-2. The maximum absolute atomic E-state index is 13.6. The topological polar surface area (TPSA) is 77.3 Å². The van der Waals surface area contributed by atoms with Crippen LogP contribution < -0.4 is 9.04 Å². The van der Waals surface area contributed by atoms with Crippen molar-refractivity contribution in [3.63, 3.8) is 0 Å². The number of fused-ring (bicyclic) bond motifs is 3. The first-order chi connectivity index (χ1) is 15.9. The summed E-state index contributed by atoms with van der Waals surface area (Å²) in [5.74, 6) is 1.11. The van der Waals surface area contributed by atoms with E-state index in [2.05, 4.69) is 4.98 Å². The Morgan fingerprint density at radius 2 is 1.73 bits per heavy atom. The lowest BCUT2D eigenvalue weighted by molar-refractivity contribution is 0.411. The van der Waals surface area contributed by atoms with E-state index in [1.54, 1.807) is 37.6 Å². The molecule has 0 saturated carbocycles. The van der Waals surface area contributed by atoms with Crippen LogP contribution >= 0.6 is 0 Å². The van der Waals surface area contributed by atoms with E-state index in [0.717, 1.165) is 28.2 Å². The number of rotatable bonds is 4. The van der Waals surface area contributed by atoms with Crippen LogP contribution in [0.3, 0.4) is 0 Å². The maximum atomic E-state index is 13.6. The van der Waals surface area contributed by atoms with Crippen LogP contribution in [-0.2, 0) is 16.4 Å². The highest BCUT2D eigenvalue weighted by molar-refractivity contribution is 7.92. The van der Waals surface area contributed by atoms with Gasteiger partial charge in [0, 0.05) is 29.6 Å². The van der Waals surface area contributed by atoms with Crippen LogP contribution in [-0.4, -0.2) is 36.8 Å². The zero-order chi connectivity index (χ0) is 23.2. The molecular weight excluding hydrogens is 436 g/mol. The number of ether oxygens (including phenoxy) is 1. The van der Waals surface area contributed by atoms with E-state index in [9.17, 15) is 8.42 Å². The number of nitrogens with zero attached hydrogens (tertiary/aromatic N) is 4. The van der Waals surface area contributed by atoms with Crippen molar-refractivity contribution in [2.24, 2.45) is 0 Å². The Hall–Kier alpha value is -3.65. The van der Waals surface area contributed by atoms with Gasteiger partial charge in [0.15, 0.2) is 5.82 Å². The molecule has 0 N–H and O–H groups in total. The van der Waals surface area contributed by atoms with Crippen LogP contribution in [0.2, 0.25) is 0 Å². The molecule has 3 heterocycles. The molecule has 0 fully saturated rings. The summed E-state index contributed by atoms with van der Waals surface area (Å²) in [7, 11) is -2.15. The van der Waals surface area contributed by atoms with Crippen LogP contribution in [0.25, 0.3) is 16.9 Å². The predicted molar refractivity (Wildman–Crippen MR) is 127 cm³/mol. The molecule has 2 aromatic carbocycles. The van der Waals surface area contributed by atoms with Crippen molar-refractivity contribution >= 4 is 15.8 Å². The van der Waals surface area contributed by atoms with Crippen LogP contribution in [0.15, 0.2) is 71.8 Å². The molecule has 0 amide bonds. The fraction of sp³-hybridized carbons (Fsp3) is 0.200. The maximum Gasteiger partial charge on any atom is 0.265 e. The van der Waals surface area contributed by atoms with Gasteiger partial charge in [0.05, 0.1) is 12.0 Å². The second-order valence-corrected chi connectivity index (χ2v) is 9.87. The summed E-state index contributed by atoms with van der Waals surface area (Å²) in [6.07, 6.45) is 2.13. The minimum Gasteiger partial charge on any atom is -0.494 e. The monoisotopic (exact) mass is 460 g/mol. The Balaban J connectivity index is 1.66. The predicted octanol–water partition coefficient (Wildman–Crippen LogP) is 4.31. The molecule has 168 valence electrons. The van der Waals surface area contributed by atoms with Crippen molar-refractivity contribution in [2.75, 3.05) is 18.0 Å². The molecule has 0 atom stereocenters. The zero-order valence-electron chi connectivity index (χ0n) is 18.7. The first kappa shape index (κ1) is 21.2. The van der Waals surface area contributed by atoms with Gasteiger partial charge in [0.25, 0.3) is 10.0 Å². The number of pyridine rings is 1. The molecule has 7 nitrogen and oxygen atoms in total. The van der Waals surface area contributed by atoms with E-state index in [-0.39, 0.29) is 11.4 Å². The summed E-state index contributed by atoms with van der Waals surface area (Å²) in [5.41, 5.74) is 5.21. The highest BCUT2D eigenvalue weighted by atomic mass is 32.2. The molecule has 0 bridgehead atoms. The van der Waals surface area contributed by atoms with E-state index < -0.39 is 10.0 Å². The molecular formula is C25H24N4O3S. The van der Waals surface area contributed by atoms with Gasteiger partial charge in [-0.05, 0) is 56.7 Å². The molecule has 4 aromatic rings. The molecule has 1 aliphatic heterocycles. The van der Waals surface area contributed by atoms with Gasteiger partial charge in [-0.15, -0.1) is 0 Å². The quantitative estimate of drug-likeness (QED) is 0.454. The third kappa shape index (κ3) is 3.47. The van der Waals surface area contributed by atoms with Crippen molar-refractivity contribution in [1.29, 1.82) is 0 Å². The van der Waals surface area contributed by atoms with E-state index >= 15 is 0 Å². The lowest BCUT2D eigenvalue weighted by atomic mass is 10.1. The Labute approximate surface area is 193 Å². The number of aromatic nitrogens is 3. The largest absolute Gasteiger partial charge is 0.494 e. The summed E-state index contributed by atoms with van der Waals surface area (Å²) in [5, 5.41) is 4.91. The van der Waals surface area contributed by atoms with E-state index in [1.807, 2.05) is 54.9 Å². The fourth-order valence-electron chi connectivity index (χ4n) is 4.26. The zero-order valence-corrected chi connectivity index (χ0v) is 19.5. The fourth-order valence-corrected chi connectivity index (χ4v) is 5.70. The lowest BCUT2D eigenvalue weighted by Gasteiger charge is -2.23. The Morgan fingerprint density at radius 3 is 2.48 bits per heavy atom. The van der Waals surface area contributed by atoms with E-state index in [4.69, 9.17) is 9.84 Å². The normalized spacial score (nSPS) is 13.2. The molecule has 33 heavy (non-hydrogen) atoms. The van der Waals surface area contributed by atoms with Crippen molar-refractivity contribution in [2.45, 2.75) is 25.2 Å². The van der Waals surface area contributed by atoms with Gasteiger partial charge in [-0.25, -0.2) is 22.4 Å². The summed E-state index contributed by atoms with van der Waals surface area (Å²) >= 11 is 0. The summed E-state index contributed by atoms with van der Waals surface area (Å²) in [6.45, 7) is 4.20. The second-order valence-electron chi connectivity index (χ2n) is 8.01. The van der Waals surface area contributed by atoms with Gasteiger partial charge >= 0.3 is 0 Å². The summed E-state index contributed by atoms with van der Waals surface area (Å²) < 4.78 is 36.0. The molecule has 5 rings (SSSR count). The molecule has 0 saturated heterocycles. The number of para-hydroxylation sites is 2. The number of hydrogen-bond donors (Lipinski definition) is 0. The van der Waals surface area contributed by atoms with E-state index in [1.165, 1.54) is 4.31 Å². The first-order valence-electron chi connectivity index (χ1n) is 10.7. The minimum atomic E-state index is -3.78. The van der Waals surface area contributed by atoms with Gasteiger partial charge in [-0.3, -0.25) is 0 Å². The van der Waals surface area contributed by atoms with Gasteiger partial charge in [0.2, 0.25) is 0 Å². The number of aryl methyl sites for hydroxylation is 1. The number of benzene rings is 2. The minimum absolute atomic E-state index is 0.250. The molecule has 0 radical (unpaired) electrons. The van der Waals surface area contributed by atoms with Crippen molar-refractivity contribution in [3.8, 4) is 22.7 Å². The molecule has 2 aromatic heterocycles. The number of hydrogen-bond acceptors (Lipinski definition) is 5.